The van der Waals surface area contributed by atoms with Crippen molar-refractivity contribution in [2.75, 3.05) is 26.3 Å². The Balaban J connectivity index is 2.30. The highest BCUT2D eigenvalue weighted by Crippen LogP contribution is 2.27. The third-order valence-electron chi connectivity index (χ3n) is 3.25. The maximum absolute atomic E-state index is 12.0. The van der Waals surface area contributed by atoms with Crippen LogP contribution in [0.3, 0.4) is 0 Å². The van der Waals surface area contributed by atoms with Gasteiger partial charge in [-0.05, 0) is 18.3 Å². The van der Waals surface area contributed by atoms with Crippen molar-refractivity contribution < 1.29 is 19.4 Å². The van der Waals surface area contributed by atoms with Crippen LogP contribution in [-0.2, 0) is 14.3 Å². The van der Waals surface area contributed by atoms with Gasteiger partial charge in [0.25, 0.3) is 0 Å². The van der Waals surface area contributed by atoms with Gasteiger partial charge in [-0.15, -0.1) is 0 Å². The lowest BCUT2D eigenvalue weighted by Gasteiger charge is -2.26. The number of amides is 1. The topological polar surface area (TPSA) is 66.8 Å². The molecule has 5 heteroatoms. The van der Waals surface area contributed by atoms with Crippen LogP contribution in [0.25, 0.3) is 0 Å². The molecule has 0 bridgehead atoms. The molecule has 104 valence electrons. The standard InChI is InChI=1S/C13H23NO4/c1-13(2,4-7-18-8-6-15)9-12(17)14-5-3-11(16)10-14/h6,11,16H,3-5,7-10H2,1-2H3. The highest BCUT2D eigenvalue weighted by molar-refractivity contribution is 5.77. The zero-order valence-corrected chi connectivity index (χ0v) is 11.2. The molecule has 5 nitrogen and oxygen atoms in total. The predicted molar refractivity (Wildman–Crippen MR) is 67.1 cm³/mol. The average Bonchev–Trinajstić information content (AvgIpc) is 2.71. The molecule has 1 N–H and O–H groups in total. The van der Waals surface area contributed by atoms with Crippen molar-refractivity contribution in [2.24, 2.45) is 5.41 Å². The molecule has 0 aromatic carbocycles. The second kappa shape index (κ2) is 6.85. The van der Waals surface area contributed by atoms with Crippen molar-refractivity contribution >= 4 is 12.2 Å². The number of aldehydes is 1. The van der Waals surface area contributed by atoms with E-state index in [1.165, 1.54) is 0 Å². The summed E-state index contributed by atoms with van der Waals surface area (Å²) in [7, 11) is 0. The van der Waals surface area contributed by atoms with E-state index < -0.39 is 0 Å². The maximum Gasteiger partial charge on any atom is 0.223 e. The smallest absolute Gasteiger partial charge is 0.223 e. The molecule has 1 amide bonds. The summed E-state index contributed by atoms with van der Waals surface area (Å²) < 4.78 is 5.11. The van der Waals surface area contributed by atoms with Crippen molar-refractivity contribution in [3.05, 3.63) is 0 Å². The van der Waals surface area contributed by atoms with E-state index in [4.69, 9.17) is 4.74 Å². The molecule has 1 unspecified atom stereocenters. The van der Waals surface area contributed by atoms with E-state index in [0.717, 1.165) is 12.7 Å². The monoisotopic (exact) mass is 257 g/mol. The average molecular weight is 257 g/mol. The Morgan fingerprint density at radius 2 is 2.28 bits per heavy atom. The van der Waals surface area contributed by atoms with Gasteiger partial charge in [-0.3, -0.25) is 4.79 Å². The fourth-order valence-corrected chi connectivity index (χ4v) is 2.06. The minimum Gasteiger partial charge on any atom is -0.391 e. The molecular formula is C13H23NO4. The molecule has 1 aliphatic rings. The lowest BCUT2D eigenvalue weighted by Crippen LogP contribution is -2.33. The van der Waals surface area contributed by atoms with Gasteiger partial charge in [0.1, 0.15) is 12.9 Å². The number of hydrogen-bond acceptors (Lipinski definition) is 4. The Labute approximate surface area is 108 Å². The first-order valence-electron chi connectivity index (χ1n) is 6.42. The van der Waals surface area contributed by atoms with Crippen LogP contribution in [-0.4, -0.2) is 54.6 Å². The molecule has 0 aliphatic carbocycles. The van der Waals surface area contributed by atoms with E-state index in [1.807, 2.05) is 13.8 Å². The van der Waals surface area contributed by atoms with Gasteiger partial charge in [-0.25, -0.2) is 0 Å². The minimum atomic E-state index is -0.368. The van der Waals surface area contributed by atoms with E-state index in [0.29, 0.717) is 32.5 Å². The molecule has 0 saturated carbocycles. The molecule has 0 spiro atoms. The van der Waals surface area contributed by atoms with Crippen LogP contribution < -0.4 is 0 Å². The fraction of sp³-hybridized carbons (Fsp3) is 0.846. The number of likely N-dealkylation sites (tertiary alicyclic amines) is 1. The summed E-state index contributed by atoms with van der Waals surface area (Å²) in [5.41, 5.74) is -0.145. The van der Waals surface area contributed by atoms with Crippen molar-refractivity contribution in [1.82, 2.24) is 4.90 Å². The minimum absolute atomic E-state index is 0.0898. The first kappa shape index (κ1) is 15.1. The van der Waals surface area contributed by atoms with Crippen molar-refractivity contribution in [1.29, 1.82) is 0 Å². The molecule has 1 saturated heterocycles. The van der Waals surface area contributed by atoms with Gasteiger partial charge in [-0.2, -0.15) is 0 Å². The van der Waals surface area contributed by atoms with Crippen LogP contribution in [0.2, 0.25) is 0 Å². The Morgan fingerprint density at radius 1 is 1.56 bits per heavy atom. The Kier molecular flexibility index (Phi) is 5.75. The first-order chi connectivity index (χ1) is 8.44. The molecule has 18 heavy (non-hydrogen) atoms. The third-order valence-corrected chi connectivity index (χ3v) is 3.25. The highest BCUT2D eigenvalue weighted by atomic mass is 16.5. The fourth-order valence-electron chi connectivity index (χ4n) is 2.06. The first-order valence-corrected chi connectivity index (χ1v) is 6.42. The summed E-state index contributed by atoms with van der Waals surface area (Å²) in [6, 6.07) is 0. The molecular weight excluding hydrogens is 234 g/mol. The van der Waals surface area contributed by atoms with Crippen LogP contribution in [0.15, 0.2) is 0 Å². The predicted octanol–water partition coefficient (Wildman–Crippen LogP) is 0.601. The SMILES string of the molecule is CC(C)(CCOCC=O)CC(=O)N1CCC(O)C1. The molecule has 0 aromatic rings. The highest BCUT2D eigenvalue weighted by Gasteiger charge is 2.29. The Morgan fingerprint density at radius 3 is 2.83 bits per heavy atom. The second-order valence-corrected chi connectivity index (χ2v) is 5.61. The molecule has 1 rings (SSSR count). The largest absolute Gasteiger partial charge is 0.391 e. The van der Waals surface area contributed by atoms with E-state index in [2.05, 4.69) is 0 Å². The van der Waals surface area contributed by atoms with Gasteiger partial charge in [0.15, 0.2) is 0 Å². The van der Waals surface area contributed by atoms with Crippen molar-refractivity contribution in [3.8, 4) is 0 Å². The molecule has 1 aliphatic heterocycles. The van der Waals surface area contributed by atoms with E-state index in [9.17, 15) is 14.7 Å². The maximum atomic E-state index is 12.0. The number of aliphatic hydroxyl groups excluding tert-OH is 1. The summed E-state index contributed by atoms with van der Waals surface area (Å²) in [4.78, 5) is 23.8. The number of carbonyl (C=O) groups is 2. The molecule has 0 radical (unpaired) electrons. The summed E-state index contributed by atoms with van der Waals surface area (Å²) in [6.07, 6.45) is 2.22. The van der Waals surface area contributed by atoms with Gasteiger partial charge in [0.2, 0.25) is 5.91 Å². The second-order valence-electron chi connectivity index (χ2n) is 5.61. The van der Waals surface area contributed by atoms with Crippen LogP contribution in [0.4, 0.5) is 0 Å². The molecule has 1 atom stereocenters. The summed E-state index contributed by atoms with van der Waals surface area (Å²) >= 11 is 0. The zero-order valence-electron chi connectivity index (χ0n) is 11.2. The molecule has 1 fully saturated rings. The number of rotatable bonds is 7. The number of β-amino-alcohol motifs (C(OH)–C–C–N with tert-alkyl or cyclic N) is 1. The van der Waals surface area contributed by atoms with Gasteiger partial charge in [0, 0.05) is 26.1 Å². The Hall–Kier alpha value is -0.940. The summed E-state index contributed by atoms with van der Waals surface area (Å²) in [6.45, 7) is 5.74. The van der Waals surface area contributed by atoms with Crippen LogP contribution in [0, 0.1) is 5.41 Å². The Bertz CT molecular complexity index is 291. The van der Waals surface area contributed by atoms with Gasteiger partial charge >= 0.3 is 0 Å². The quantitative estimate of drug-likeness (QED) is 0.536. The van der Waals surface area contributed by atoms with Crippen LogP contribution in [0.5, 0.6) is 0 Å². The van der Waals surface area contributed by atoms with Crippen molar-refractivity contribution in [2.45, 2.75) is 39.2 Å². The van der Waals surface area contributed by atoms with Gasteiger partial charge in [-0.1, -0.05) is 13.8 Å². The summed E-state index contributed by atoms with van der Waals surface area (Å²) in [5.74, 6) is 0.0898. The number of carbonyl (C=O) groups excluding carboxylic acids is 2. The van der Waals surface area contributed by atoms with Crippen molar-refractivity contribution in [3.63, 3.8) is 0 Å². The summed E-state index contributed by atoms with van der Waals surface area (Å²) in [5, 5.41) is 9.40. The lowest BCUT2D eigenvalue weighted by molar-refractivity contribution is -0.133. The molecule has 1 heterocycles. The van der Waals surface area contributed by atoms with Gasteiger partial charge < -0.3 is 19.5 Å². The van der Waals surface area contributed by atoms with Gasteiger partial charge in [0.05, 0.1) is 6.10 Å². The van der Waals surface area contributed by atoms with E-state index in [-0.39, 0.29) is 24.0 Å². The van der Waals surface area contributed by atoms with Crippen LogP contribution >= 0.6 is 0 Å². The number of aliphatic hydroxyl groups is 1. The lowest BCUT2D eigenvalue weighted by atomic mass is 9.85. The zero-order chi connectivity index (χ0) is 13.6. The number of ether oxygens (including phenoxy) is 1. The van der Waals surface area contributed by atoms with E-state index >= 15 is 0 Å². The number of nitrogens with zero attached hydrogens (tertiary/aromatic N) is 1. The van der Waals surface area contributed by atoms with Crippen LogP contribution in [0.1, 0.15) is 33.1 Å². The normalized spacial score (nSPS) is 20.2. The number of hydrogen-bond donors (Lipinski definition) is 1. The molecule has 0 aromatic heterocycles. The van der Waals surface area contributed by atoms with E-state index in [1.54, 1.807) is 4.90 Å². The third kappa shape index (κ3) is 5.14.